The second-order valence-electron chi connectivity index (χ2n) is 5.14. The van der Waals surface area contributed by atoms with E-state index in [1.54, 1.807) is 0 Å². The molecule has 32 heavy (non-hydrogen) atoms. The molecule has 0 aliphatic carbocycles. The van der Waals surface area contributed by atoms with Crippen molar-refractivity contribution in [3.63, 3.8) is 0 Å². The maximum Gasteiger partial charge on any atom is 0.673 e. The van der Waals surface area contributed by atoms with Gasteiger partial charge >= 0.3 is 29.0 Å². The molecule has 0 aromatic heterocycles. The molecule has 0 saturated carbocycles. The van der Waals surface area contributed by atoms with E-state index in [0.717, 1.165) is 25.5 Å². The summed E-state index contributed by atoms with van der Waals surface area (Å²) in [4.78, 5) is 2.17. The Kier molecular flexibility index (Phi) is 19.7. The lowest BCUT2D eigenvalue weighted by Gasteiger charge is -2.17. The van der Waals surface area contributed by atoms with Gasteiger partial charge in [0.15, 0.2) is 5.88 Å². The van der Waals surface area contributed by atoms with Gasteiger partial charge in [-0.15, -0.1) is 0 Å². The van der Waals surface area contributed by atoms with E-state index in [-0.39, 0.29) is 0 Å². The van der Waals surface area contributed by atoms with Crippen LogP contribution in [0.3, 0.4) is 0 Å². The van der Waals surface area contributed by atoms with Crippen molar-refractivity contribution < 1.29 is 73.8 Å². The van der Waals surface area contributed by atoms with E-state index in [9.17, 15) is 69.1 Å². The molecule has 22 heteroatoms. The molecule has 0 unspecified atom stereocenters. The van der Waals surface area contributed by atoms with Gasteiger partial charge in [0.2, 0.25) is 0 Å². The van der Waals surface area contributed by atoms with Gasteiger partial charge < -0.3 is 78.7 Å². The molecule has 0 aromatic rings. The molecule has 1 aliphatic heterocycles. The first-order valence-corrected chi connectivity index (χ1v) is 7.98. The summed E-state index contributed by atoms with van der Waals surface area (Å²) in [5.74, 6) is 1.01. The Hall–Kier alpha value is -1.78. The van der Waals surface area contributed by atoms with Crippen LogP contribution in [-0.2, 0) is 4.74 Å². The average Bonchev–Trinajstić information content (AvgIpc) is 2.77. The van der Waals surface area contributed by atoms with E-state index in [4.69, 9.17) is 4.74 Å². The molecule has 0 N–H and O–H groups in total. The van der Waals surface area contributed by atoms with Gasteiger partial charge in [0.25, 0.3) is 0 Å². The van der Waals surface area contributed by atoms with Crippen LogP contribution in [0.15, 0.2) is 23.7 Å². The van der Waals surface area contributed by atoms with Crippen LogP contribution in [0.5, 0.6) is 0 Å². The van der Waals surface area contributed by atoms with Gasteiger partial charge in [0, 0.05) is 12.7 Å². The number of rotatable bonds is 3. The first-order valence-electron chi connectivity index (χ1n) is 7.98. The monoisotopic (exact) mass is 515 g/mol. The minimum absolute atomic E-state index is 0.749. The van der Waals surface area contributed by atoms with Crippen LogP contribution in [-0.4, -0.2) is 47.1 Å². The topological polar surface area (TPSA) is 12.5 Å². The van der Waals surface area contributed by atoms with E-state index in [1.165, 1.54) is 5.57 Å². The first-order chi connectivity index (χ1) is 13.7. The van der Waals surface area contributed by atoms with Crippen molar-refractivity contribution in [2.75, 3.05) is 13.2 Å². The fourth-order valence-corrected chi connectivity index (χ4v) is 1.28. The summed E-state index contributed by atoms with van der Waals surface area (Å²) in [5, 5.41) is 0. The molecule has 0 radical (unpaired) electrons. The minimum atomic E-state index is -6.00. The van der Waals surface area contributed by atoms with Gasteiger partial charge in [0.05, 0.1) is 6.61 Å². The average molecular weight is 514 g/mol. The van der Waals surface area contributed by atoms with Crippen molar-refractivity contribution in [3.8, 4) is 0 Å². The van der Waals surface area contributed by atoms with Crippen molar-refractivity contribution in [3.05, 3.63) is 23.7 Å². The number of nitrogens with zero attached hydrogens (tertiary/aromatic N) is 1. The molecule has 1 rings (SSSR count). The minimum Gasteiger partial charge on any atom is -0.479 e. The summed E-state index contributed by atoms with van der Waals surface area (Å²) in [6.45, 7) is 8.02. The molecular formula is C10H17B4F16NO-4. The van der Waals surface area contributed by atoms with Gasteiger partial charge in [-0.05, 0) is 33.3 Å². The second-order valence-corrected chi connectivity index (χ2v) is 5.14. The fourth-order valence-electron chi connectivity index (χ4n) is 1.28. The quantitative estimate of drug-likeness (QED) is 0.283. The molecule has 2 nitrogen and oxygen atoms in total. The predicted octanol–water partition coefficient (Wildman–Crippen LogP) is 7.69. The maximum atomic E-state index is 9.75. The lowest BCUT2D eigenvalue weighted by Crippen LogP contribution is -2.14. The van der Waals surface area contributed by atoms with Crippen LogP contribution in [0.25, 0.3) is 0 Å². The number of allylic oxidation sites excluding steroid dienone is 1. The number of ether oxygens (including phenoxy) is 1. The van der Waals surface area contributed by atoms with Gasteiger partial charge in [-0.2, -0.15) is 0 Å². The van der Waals surface area contributed by atoms with Crippen molar-refractivity contribution in [2.24, 2.45) is 0 Å². The Labute approximate surface area is 173 Å². The molecule has 196 valence electrons. The Balaban J connectivity index is -0.000000167. The Morgan fingerprint density at radius 3 is 1.25 bits per heavy atom. The van der Waals surface area contributed by atoms with E-state index >= 15 is 0 Å². The number of hydrogen-bond donors (Lipinski definition) is 0. The highest BCUT2D eigenvalue weighted by molar-refractivity contribution is 6.50. The van der Waals surface area contributed by atoms with E-state index in [1.807, 2.05) is 6.92 Å². The van der Waals surface area contributed by atoms with Crippen LogP contribution < -0.4 is 0 Å². The summed E-state index contributed by atoms with van der Waals surface area (Å²) in [5.41, 5.74) is 1.31. The summed E-state index contributed by atoms with van der Waals surface area (Å²) in [7, 11) is -24.0. The predicted molar refractivity (Wildman–Crippen MR) is 91.2 cm³/mol. The summed E-state index contributed by atoms with van der Waals surface area (Å²) >= 11 is 0. The van der Waals surface area contributed by atoms with E-state index < -0.39 is 29.0 Å². The normalized spacial score (nSPS) is 13.5. The highest BCUT2D eigenvalue weighted by Crippen LogP contribution is 2.17. The lowest BCUT2D eigenvalue weighted by molar-refractivity contribution is 0.161. The Morgan fingerprint density at radius 1 is 0.750 bits per heavy atom. The zero-order chi connectivity index (χ0) is 27.0. The van der Waals surface area contributed by atoms with Crippen molar-refractivity contribution in [1.29, 1.82) is 0 Å². The smallest absolute Gasteiger partial charge is 0.479 e. The largest absolute Gasteiger partial charge is 0.673 e. The molecule has 0 saturated heterocycles. The van der Waals surface area contributed by atoms with Crippen LogP contribution in [0.1, 0.15) is 27.2 Å². The molecule has 0 atom stereocenters. The lowest BCUT2D eigenvalue weighted by atomic mass is 10.3. The molecular weight excluding hydrogens is 497 g/mol. The van der Waals surface area contributed by atoms with Crippen LogP contribution >= 0.6 is 0 Å². The maximum absolute atomic E-state index is 9.75. The third-order valence-electron chi connectivity index (χ3n) is 1.68. The number of halogens is 16. The van der Waals surface area contributed by atoms with Crippen LogP contribution in [0.2, 0.25) is 0 Å². The third kappa shape index (κ3) is 90.3. The number of hydrogen-bond acceptors (Lipinski definition) is 2. The van der Waals surface area contributed by atoms with E-state index in [2.05, 4.69) is 31.0 Å². The molecule has 1 aliphatic rings. The van der Waals surface area contributed by atoms with Crippen molar-refractivity contribution in [2.45, 2.75) is 27.2 Å². The highest BCUT2D eigenvalue weighted by atomic mass is 19.5. The van der Waals surface area contributed by atoms with Crippen LogP contribution in [0.4, 0.5) is 69.1 Å². The van der Waals surface area contributed by atoms with Crippen molar-refractivity contribution in [1.82, 2.24) is 4.90 Å². The van der Waals surface area contributed by atoms with Crippen molar-refractivity contribution >= 4 is 29.0 Å². The van der Waals surface area contributed by atoms with Gasteiger partial charge in [-0.25, -0.2) is 0 Å². The van der Waals surface area contributed by atoms with Gasteiger partial charge in [0.1, 0.15) is 0 Å². The molecule has 1 heterocycles. The molecule has 0 spiro atoms. The second kappa shape index (κ2) is 16.8. The summed E-state index contributed by atoms with van der Waals surface area (Å²) < 4.78 is 161. The standard InChI is InChI=1S/C10H17NO.4BF4/c1-4-12-10-6-5-7-11(10)8-9(2)3;4*2-1(3,4)5/h6,8H,4-5,7H2,1-3H3;;;;/q;4*-1. The van der Waals surface area contributed by atoms with Gasteiger partial charge in [-0.1, -0.05) is 5.57 Å². The van der Waals surface area contributed by atoms with Crippen LogP contribution in [0, 0.1) is 0 Å². The molecule has 0 aromatic carbocycles. The molecule has 0 bridgehead atoms. The Bertz CT molecular complexity index is 451. The van der Waals surface area contributed by atoms with E-state index in [0.29, 0.717) is 0 Å². The fraction of sp³-hybridized carbons (Fsp3) is 0.600. The molecule has 0 fully saturated rings. The van der Waals surface area contributed by atoms with Gasteiger partial charge in [-0.3, -0.25) is 0 Å². The highest BCUT2D eigenvalue weighted by Gasteiger charge is 2.22. The zero-order valence-corrected chi connectivity index (χ0v) is 16.5. The summed E-state index contributed by atoms with van der Waals surface area (Å²) in [6.07, 6.45) is 5.37. The Morgan fingerprint density at radius 2 is 1.03 bits per heavy atom. The zero-order valence-electron chi connectivity index (χ0n) is 16.5. The summed E-state index contributed by atoms with van der Waals surface area (Å²) in [6, 6.07) is 0. The molecule has 0 amide bonds. The SMILES string of the molecule is CCOC1=CCCN1C=C(C)C.F[B-](F)(F)F.F[B-](F)(F)F.F[B-](F)(F)F.F[B-](F)(F)F. The third-order valence-corrected chi connectivity index (χ3v) is 1.68. The first kappa shape index (κ1) is 37.5.